The lowest BCUT2D eigenvalue weighted by atomic mass is 10.1. The Balaban J connectivity index is 1.67. The number of benzene rings is 2. The van der Waals surface area contributed by atoms with Crippen molar-refractivity contribution in [2.45, 2.75) is 13.1 Å². The van der Waals surface area contributed by atoms with Gasteiger partial charge in [-0.2, -0.15) is 5.10 Å². The van der Waals surface area contributed by atoms with E-state index in [1.54, 1.807) is 20.5 Å². The molecule has 4 rings (SSSR count). The van der Waals surface area contributed by atoms with Gasteiger partial charge in [-0.05, 0) is 47.5 Å². The summed E-state index contributed by atoms with van der Waals surface area (Å²) in [5.74, 6) is 2.59. The average molecular weight is 374 g/mol. The summed E-state index contributed by atoms with van der Waals surface area (Å²) in [6, 6.07) is 20.2. The molecule has 2 aromatic carbocycles. The van der Waals surface area contributed by atoms with Crippen LogP contribution in [0.3, 0.4) is 0 Å². The number of anilines is 1. The first-order valence-corrected chi connectivity index (χ1v) is 9.06. The molecule has 0 radical (unpaired) electrons. The van der Waals surface area contributed by atoms with Crippen molar-refractivity contribution in [2.24, 2.45) is 0 Å². The summed E-state index contributed by atoms with van der Waals surface area (Å²) in [5, 5.41) is 4.29. The quantitative estimate of drug-likeness (QED) is 0.490. The number of hydrogen-bond donors (Lipinski definition) is 0. The number of nitrogens with zero attached hydrogens (tertiary/aromatic N) is 4. The smallest absolute Gasteiger partial charge is 0.157 e. The molecule has 0 saturated heterocycles. The van der Waals surface area contributed by atoms with Gasteiger partial charge < -0.3 is 14.4 Å². The second kappa shape index (κ2) is 8.00. The van der Waals surface area contributed by atoms with Crippen LogP contribution in [0.5, 0.6) is 11.5 Å². The molecule has 4 aromatic rings. The molecular formula is C22H22N4O2. The Kier molecular flexibility index (Phi) is 5.10. The van der Waals surface area contributed by atoms with Crippen molar-refractivity contribution < 1.29 is 9.47 Å². The fraction of sp³-hybridized carbons (Fsp3) is 0.182. The molecule has 0 amide bonds. The van der Waals surface area contributed by atoms with Gasteiger partial charge in [-0.25, -0.2) is 9.50 Å². The lowest BCUT2D eigenvalue weighted by molar-refractivity contribution is 0.414. The summed E-state index contributed by atoms with van der Waals surface area (Å²) in [7, 11) is 3.35. The third-order valence-electron chi connectivity index (χ3n) is 4.68. The topological polar surface area (TPSA) is 51.9 Å². The van der Waals surface area contributed by atoms with E-state index in [1.807, 2.05) is 47.1 Å². The average Bonchev–Trinajstić information content (AvgIpc) is 3.23. The first-order chi connectivity index (χ1) is 13.8. The van der Waals surface area contributed by atoms with Crippen molar-refractivity contribution >= 4 is 11.3 Å². The Hall–Kier alpha value is -3.54. The third-order valence-corrected chi connectivity index (χ3v) is 4.68. The number of methoxy groups -OCH3 is 2. The van der Waals surface area contributed by atoms with Crippen molar-refractivity contribution in [3.63, 3.8) is 0 Å². The van der Waals surface area contributed by atoms with Gasteiger partial charge in [0.1, 0.15) is 23.3 Å². The van der Waals surface area contributed by atoms with Crippen molar-refractivity contribution in [1.29, 1.82) is 0 Å². The zero-order valence-corrected chi connectivity index (χ0v) is 15.9. The predicted octanol–water partition coefficient (Wildman–Crippen LogP) is 3.95. The third kappa shape index (κ3) is 3.76. The Morgan fingerprint density at radius 1 is 0.821 bits per heavy atom. The summed E-state index contributed by atoms with van der Waals surface area (Å²) < 4.78 is 12.4. The van der Waals surface area contributed by atoms with Gasteiger partial charge in [0, 0.05) is 19.3 Å². The van der Waals surface area contributed by atoms with Crippen LogP contribution >= 0.6 is 0 Å². The fourth-order valence-corrected chi connectivity index (χ4v) is 3.20. The normalized spacial score (nSPS) is 10.8. The van der Waals surface area contributed by atoms with E-state index in [4.69, 9.17) is 9.47 Å². The highest BCUT2D eigenvalue weighted by Gasteiger charge is 2.14. The first-order valence-electron chi connectivity index (χ1n) is 9.06. The molecule has 0 saturated carbocycles. The summed E-state index contributed by atoms with van der Waals surface area (Å²) in [5.41, 5.74) is 3.33. The van der Waals surface area contributed by atoms with Crippen LogP contribution in [-0.2, 0) is 13.1 Å². The van der Waals surface area contributed by atoms with Crippen LogP contribution in [0.1, 0.15) is 11.1 Å². The van der Waals surface area contributed by atoms with Crippen molar-refractivity contribution in [1.82, 2.24) is 14.6 Å². The molecule has 6 heteroatoms. The molecule has 0 unspecified atom stereocenters. The number of aromatic nitrogens is 3. The number of rotatable bonds is 7. The van der Waals surface area contributed by atoms with E-state index < -0.39 is 0 Å². The number of hydrogen-bond acceptors (Lipinski definition) is 5. The highest BCUT2D eigenvalue weighted by atomic mass is 16.5. The molecular weight excluding hydrogens is 352 g/mol. The maximum atomic E-state index is 5.27. The molecule has 2 heterocycles. The first kappa shape index (κ1) is 17.9. The second-order valence-electron chi connectivity index (χ2n) is 6.47. The molecule has 0 atom stereocenters. The lowest BCUT2D eigenvalue weighted by Gasteiger charge is -2.25. The Labute approximate surface area is 164 Å². The minimum Gasteiger partial charge on any atom is -0.497 e. The van der Waals surface area contributed by atoms with Gasteiger partial charge in [0.2, 0.25) is 0 Å². The number of fused-ring (bicyclic) bond motifs is 1. The summed E-state index contributed by atoms with van der Waals surface area (Å²) in [4.78, 5) is 6.83. The molecule has 6 nitrogen and oxygen atoms in total. The van der Waals surface area contributed by atoms with Crippen LogP contribution in [0.15, 0.2) is 73.2 Å². The minimum atomic E-state index is 0.716. The van der Waals surface area contributed by atoms with Crippen LogP contribution in [0, 0.1) is 0 Å². The van der Waals surface area contributed by atoms with E-state index in [1.165, 1.54) is 11.1 Å². The van der Waals surface area contributed by atoms with Crippen molar-refractivity contribution in [2.75, 3.05) is 19.1 Å². The maximum Gasteiger partial charge on any atom is 0.157 e. The molecule has 0 N–H and O–H groups in total. The monoisotopic (exact) mass is 374 g/mol. The van der Waals surface area contributed by atoms with Gasteiger partial charge in [-0.3, -0.25) is 0 Å². The van der Waals surface area contributed by atoms with Crippen LogP contribution in [0.25, 0.3) is 5.52 Å². The summed E-state index contributed by atoms with van der Waals surface area (Å²) in [6.45, 7) is 1.43. The number of ether oxygens (including phenoxy) is 2. The minimum absolute atomic E-state index is 0.716. The molecule has 0 aliphatic carbocycles. The highest BCUT2D eigenvalue weighted by molar-refractivity contribution is 5.68. The summed E-state index contributed by atoms with van der Waals surface area (Å²) >= 11 is 0. The largest absolute Gasteiger partial charge is 0.497 e. The Bertz CT molecular complexity index is 993. The van der Waals surface area contributed by atoms with Gasteiger partial charge in [-0.15, -0.1) is 0 Å². The van der Waals surface area contributed by atoms with Crippen molar-refractivity contribution in [3.8, 4) is 11.5 Å². The lowest BCUT2D eigenvalue weighted by Crippen LogP contribution is -2.24. The molecule has 0 spiro atoms. The zero-order chi connectivity index (χ0) is 19.3. The van der Waals surface area contributed by atoms with Gasteiger partial charge in [0.25, 0.3) is 0 Å². The van der Waals surface area contributed by atoms with Gasteiger partial charge in [-0.1, -0.05) is 24.3 Å². The zero-order valence-electron chi connectivity index (χ0n) is 15.9. The van der Waals surface area contributed by atoms with Crippen LogP contribution < -0.4 is 14.4 Å². The molecule has 0 aliphatic heterocycles. The van der Waals surface area contributed by atoms with E-state index in [2.05, 4.69) is 39.2 Å². The molecule has 142 valence electrons. The molecule has 28 heavy (non-hydrogen) atoms. The van der Waals surface area contributed by atoms with Crippen LogP contribution in [0.2, 0.25) is 0 Å². The molecule has 0 bridgehead atoms. The van der Waals surface area contributed by atoms with E-state index >= 15 is 0 Å². The van der Waals surface area contributed by atoms with Gasteiger partial charge in [0.05, 0.1) is 14.2 Å². The highest BCUT2D eigenvalue weighted by Crippen LogP contribution is 2.24. The van der Waals surface area contributed by atoms with Gasteiger partial charge in [0.15, 0.2) is 5.82 Å². The molecule has 0 fully saturated rings. The van der Waals surface area contributed by atoms with E-state index in [0.717, 1.165) is 22.8 Å². The Morgan fingerprint density at radius 3 is 1.93 bits per heavy atom. The maximum absolute atomic E-state index is 5.27. The fourth-order valence-electron chi connectivity index (χ4n) is 3.20. The van der Waals surface area contributed by atoms with Crippen LogP contribution in [0.4, 0.5) is 5.82 Å². The summed E-state index contributed by atoms with van der Waals surface area (Å²) in [6.07, 6.45) is 3.52. The standard InChI is InChI=1S/C22H22N4O2/c1-27-19-9-5-17(6-10-19)14-25(15-18-7-11-20(28-2)12-8-18)22-21-4-3-13-26(21)24-16-23-22/h3-13,16H,14-15H2,1-2H3. The van der Waals surface area contributed by atoms with E-state index in [-0.39, 0.29) is 0 Å². The van der Waals surface area contributed by atoms with Crippen LogP contribution in [-0.4, -0.2) is 28.8 Å². The second-order valence-corrected chi connectivity index (χ2v) is 6.47. The molecule has 0 aliphatic rings. The van der Waals surface area contributed by atoms with E-state index in [0.29, 0.717) is 13.1 Å². The molecule has 2 aromatic heterocycles. The Morgan fingerprint density at radius 2 is 1.39 bits per heavy atom. The predicted molar refractivity (Wildman–Crippen MR) is 109 cm³/mol. The van der Waals surface area contributed by atoms with Crippen molar-refractivity contribution in [3.05, 3.63) is 84.3 Å². The SMILES string of the molecule is COc1ccc(CN(Cc2ccc(OC)cc2)c2ncnn3cccc23)cc1. The van der Waals surface area contributed by atoms with E-state index in [9.17, 15) is 0 Å². The van der Waals surface area contributed by atoms with Gasteiger partial charge >= 0.3 is 0 Å².